The molecule has 1 aromatic heterocycles. The van der Waals surface area contributed by atoms with E-state index in [0.717, 1.165) is 31.9 Å². The van der Waals surface area contributed by atoms with Gasteiger partial charge in [0.2, 0.25) is 5.91 Å². The highest BCUT2D eigenvalue weighted by molar-refractivity contribution is 6.02. The molecule has 152 valence electrons. The highest BCUT2D eigenvalue weighted by Crippen LogP contribution is 2.23. The van der Waals surface area contributed by atoms with Crippen LogP contribution in [0.25, 0.3) is 6.08 Å². The maximum Gasteiger partial charge on any atom is 0.248 e. The van der Waals surface area contributed by atoms with Gasteiger partial charge in [-0.25, -0.2) is 0 Å². The lowest BCUT2D eigenvalue weighted by molar-refractivity contribution is -0.111. The molecule has 1 fully saturated rings. The van der Waals surface area contributed by atoms with Crippen LogP contribution >= 0.6 is 0 Å². The Kier molecular flexibility index (Phi) is 6.37. The van der Waals surface area contributed by atoms with Crippen LogP contribution in [0, 0.1) is 0 Å². The number of amides is 1. The summed E-state index contributed by atoms with van der Waals surface area (Å²) in [6, 6.07) is 19.0. The number of nitrogens with one attached hydrogen (secondary N) is 1. The molecule has 3 aromatic rings. The minimum atomic E-state index is -0.201. The molecule has 0 saturated carbocycles. The topological polar surface area (TPSA) is 63.7 Å². The summed E-state index contributed by atoms with van der Waals surface area (Å²) >= 11 is 0. The Morgan fingerprint density at radius 3 is 2.53 bits per heavy atom. The fourth-order valence-electron chi connectivity index (χ4n) is 3.15. The molecular weight excluding hydrogens is 378 g/mol. The summed E-state index contributed by atoms with van der Waals surface area (Å²) in [5.74, 6) is 1.13. The molecule has 6 heteroatoms. The molecule has 1 saturated heterocycles. The number of carbonyl (C=O) groups is 1. The molecule has 0 bridgehead atoms. The molecule has 6 nitrogen and oxygen atoms in total. The third-order valence-electron chi connectivity index (χ3n) is 4.68. The second kappa shape index (κ2) is 9.71. The van der Waals surface area contributed by atoms with E-state index in [0.29, 0.717) is 17.2 Å². The first-order valence-electron chi connectivity index (χ1n) is 9.86. The molecule has 1 aliphatic rings. The van der Waals surface area contributed by atoms with E-state index in [9.17, 15) is 4.79 Å². The van der Waals surface area contributed by atoms with Gasteiger partial charge in [-0.1, -0.05) is 18.2 Å². The van der Waals surface area contributed by atoms with Crippen LogP contribution < -0.4 is 15.0 Å². The smallest absolute Gasteiger partial charge is 0.248 e. The number of benzene rings is 2. The lowest BCUT2D eigenvalue weighted by Crippen LogP contribution is -2.36. The number of ether oxygens (including phenoxy) is 2. The molecular formula is C24H23N3O3. The normalized spacial score (nSPS) is 13.9. The van der Waals surface area contributed by atoms with E-state index in [2.05, 4.69) is 27.3 Å². The van der Waals surface area contributed by atoms with E-state index in [1.165, 1.54) is 11.8 Å². The Labute approximate surface area is 175 Å². The van der Waals surface area contributed by atoms with Gasteiger partial charge in [-0.05, 0) is 48.0 Å². The van der Waals surface area contributed by atoms with Crippen LogP contribution in [-0.4, -0.2) is 37.2 Å². The average Bonchev–Trinajstić information content (AvgIpc) is 2.80. The van der Waals surface area contributed by atoms with Crippen molar-refractivity contribution in [2.75, 3.05) is 36.5 Å². The number of morpholine rings is 1. The number of carbonyl (C=O) groups excluding carboxylic acids is 1. The van der Waals surface area contributed by atoms with Crippen LogP contribution in [0.5, 0.6) is 11.5 Å². The van der Waals surface area contributed by atoms with Gasteiger partial charge >= 0.3 is 0 Å². The van der Waals surface area contributed by atoms with Crippen molar-refractivity contribution in [2.24, 2.45) is 0 Å². The van der Waals surface area contributed by atoms with Crippen LogP contribution in [0.2, 0.25) is 0 Å². The van der Waals surface area contributed by atoms with Gasteiger partial charge in [0.15, 0.2) is 0 Å². The molecule has 1 amide bonds. The van der Waals surface area contributed by atoms with E-state index in [1.54, 1.807) is 36.7 Å². The van der Waals surface area contributed by atoms with Crippen molar-refractivity contribution in [3.8, 4) is 11.5 Å². The van der Waals surface area contributed by atoms with Crippen molar-refractivity contribution in [1.82, 2.24) is 4.98 Å². The maximum atomic E-state index is 12.3. The third-order valence-corrected chi connectivity index (χ3v) is 4.68. The average molecular weight is 401 g/mol. The van der Waals surface area contributed by atoms with Gasteiger partial charge < -0.3 is 19.7 Å². The van der Waals surface area contributed by atoms with Gasteiger partial charge in [-0.2, -0.15) is 0 Å². The molecule has 0 atom stereocenters. The van der Waals surface area contributed by atoms with Crippen molar-refractivity contribution in [3.05, 3.63) is 84.7 Å². The Bertz CT molecular complexity index is 998. The summed E-state index contributed by atoms with van der Waals surface area (Å²) in [6.07, 6.45) is 6.66. The standard InChI is InChI=1S/C24H23N3O3/c28-24(9-6-19-4-7-21(8-5-19)27-14-16-29-17-15-27)26-20-2-1-3-23(18-20)30-22-10-12-25-13-11-22/h1-13,18H,14-17H2,(H,26,28). The highest BCUT2D eigenvalue weighted by atomic mass is 16.5. The number of aromatic nitrogens is 1. The van der Waals surface area contributed by atoms with Crippen LogP contribution in [0.3, 0.4) is 0 Å². The van der Waals surface area contributed by atoms with E-state index >= 15 is 0 Å². The van der Waals surface area contributed by atoms with Gasteiger partial charge in [0.05, 0.1) is 13.2 Å². The summed E-state index contributed by atoms with van der Waals surface area (Å²) in [4.78, 5) is 18.6. The maximum absolute atomic E-state index is 12.3. The molecule has 1 aliphatic heterocycles. The van der Waals surface area contributed by atoms with Crippen LogP contribution in [0.15, 0.2) is 79.1 Å². The van der Waals surface area contributed by atoms with Crippen molar-refractivity contribution in [1.29, 1.82) is 0 Å². The molecule has 2 heterocycles. The molecule has 4 rings (SSSR count). The zero-order valence-electron chi connectivity index (χ0n) is 16.5. The van der Waals surface area contributed by atoms with Crippen molar-refractivity contribution in [2.45, 2.75) is 0 Å². The van der Waals surface area contributed by atoms with Crippen LogP contribution in [0.4, 0.5) is 11.4 Å². The minimum absolute atomic E-state index is 0.201. The zero-order chi connectivity index (χ0) is 20.6. The van der Waals surface area contributed by atoms with Gasteiger partial charge in [0, 0.05) is 49.0 Å². The number of hydrogen-bond acceptors (Lipinski definition) is 5. The predicted molar refractivity (Wildman–Crippen MR) is 118 cm³/mol. The molecule has 0 aliphatic carbocycles. The summed E-state index contributed by atoms with van der Waals surface area (Å²) in [6.45, 7) is 3.33. The molecule has 0 unspecified atom stereocenters. The first-order valence-corrected chi connectivity index (χ1v) is 9.86. The van der Waals surface area contributed by atoms with Crippen molar-refractivity contribution < 1.29 is 14.3 Å². The van der Waals surface area contributed by atoms with Crippen molar-refractivity contribution >= 4 is 23.4 Å². The Morgan fingerprint density at radius 2 is 1.77 bits per heavy atom. The zero-order valence-corrected chi connectivity index (χ0v) is 16.5. The molecule has 30 heavy (non-hydrogen) atoms. The van der Waals surface area contributed by atoms with Gasteiger partial charge in [0.1, 0.15) is 11.5 Å². The number of anilines is 2. The van der Waals surface area contributed by atoms with E-state index in [4.69, 9.17) is 9.47 Å². The van der Waals surface area contributed by atoms with E-state index in [-0.39, 0.29) is 5.91 Å². The quantitative estimate of drug-likeness (QED) is 0.622. The second-order valence-electron chi connectivity index (χ2n) is 6.83. The minimum Gasteiger partial charge on any atom is -0.457 e. The van der Waals surface area contributed by atoms with Gasteiger partial charge in [0.25, 0.3) is 0 Å². The summed E-state index contributed by atoms with van der Waals surface area (Å²) in [5.41, 5.74) is 2.81. The Morgan fingerprint density at radius 1 is 1.00 bits per heavy atom. The van der Waals surface area contributed by atoms with Crippen molar-refractivity contribution in [3.63, 3.8) is 0 Å². The van der Waals surface area contributed by atoms with Crippen LogP contribution in [0.1, 0.15) is 5.56 Å². The lowest BCUT2D eigenvalue weighted by atomic mass is 10.1. The molecule has 0 radical (unpaired) electrons. The number of rotatable bonds is 6. The predicted octanol–water partition coefficient (Wildman–Crippen LogP) is 4.36. The second-order valence-corrected chi connectivity index (χ2v) is 6.83. The van der Waals surface area contributed by atoms with Gasteiger partial charge in [-0.3, -0.25) is 9.78 Å². The summed E-state index contributed by atoms with van der Waals surface area (Å²) < 4.78 is 11.2. The largest absolute Gasteiger partial charge is 0.457 e. The first-order chi connectivity index (χ1) is 14.8. The number of hydrogen-bond donors (Lipinski definition) is 1. The van der Waals surface area contributed by atoms with Gasteiger partial charge in [-0.15, -0.1) is 0 Å². The first kappa shape index (κ1) is 19.7. The Balaban J connectivity index is 1.34. The summed E-state index contributed by atoms with van der Waals surface area (Å²) in [7, 11) is 0. The fourth-order valence-corrected chi connectivity index (χ4v) is 3.15. The number of nitrogens with zero attached hydrogens (tertiary/aromatic N) is 2. The fraction of sp³-hybridized carbons (Fsp3) is 0.167. The van der Waals surface area contributed by atoms with E-state index in [1.807, 2.05) is 30.3 Å². The molecule has 0 spiro atoms. The molecule has 1 N–H and O–H groups in total. The van der Waals surface area contributed by atoms with E-state index < -0.39 is 0 Å². The molecule has 2 aromatic carbocycles. The highest BCUT2D eigenvalue weighted by Gasteiger charge is 2.10. The monoisotopic (exact) mass is 401 g/mol. The number of pyridine rings is 1. The SMILES string of the molecule is O=C(C=Cc1ccc(N2CCOCC2)cc1)Nc1cccc(Oc2ccncc2)c1. The van der Waals surface area contributed by atoms with Crippen LogP contribution in [-0.2, 0) is 9.53 Å². The third kappa shape index (κ3) is 5.46. The lowest BCUT2D eigenvalue weighted by Gasteiger charge is -2.28. The summed E-state index contributed by atoms with van der Waals surface area (Å²) in [5, 5.41) is 2.86. The Hall–Kier alpha value is -3.64.